The van der Waals surface area contributed by atoms with E-state index in [1.54, 1.807) is 17.6 Å². The molecule has 1 saturated carbocycles. The van der Waals surface area contributed by atoms with Gasteiger partial charge in [-0.15, -0.1) is 0 Å². The lowest BCUT2D eigenvalue weighted by atomic mass is 9.85. The van der Waals surface area contributed by atoms with Crippen LogP contribution in [0.5, 0.6) is 0 Å². The van der Waals surface area contributed by atoms with Gasteiger partial charge in [-0.1, -0.05) is 18.2 Å². The monoisotopic (exact) mass is 616 g/mol. The number of aryl methyl sites for hydroxylation is 2. The van der Waals surface area contributed by atoms with Crippen LogP contribution in [0.25, 0.3) is 11.0 Å². The molecule has 0 amide bonds. The Morgan fingerprint density at radius 2 is 1.84 bits per heavy atom. The molecule has 234 valence electrons. The van der Waals surface area contributed by atoms with Gasteiger partial charge in [0, 0.05) is 48.4 Å². The van der Waals surface area contributed by atoms with E-state index in [-0.39, 0.29) is 24.0 Å². The summed E-state index contributed by atoms with van der Waals surface area (Å²) in [6.45, 7) is 4.34. The van der Waals surface area contributed by atoms with Gasteiger partial charge in [-0.2, -0.15) is 10.4 Å². The lowest BCUT2D eigenvalue weighted by Gasteiger charge is -2.36. The second-order valence-corrected chi connectivity index (χ2v) is 12.7. The van der Waals surface area contributed by atoms with Crippen LogP contribution in [-0.4, -0.2) is 42.3 Å². The number of piperidine rings is 1. The molecule has 1 saturated heterocycles. The van der Waals surface area contributed by atoms with Gasteiger partial charge in [-0.3, -0.25) is 18.9 Å². The molecule has 8 rings (SSSR count). The van der Waals surface area contributed by atoms with Gasteiger partial charge in [-0.25, -0.2) is 23.1 Å². The van der Waals surface area contributed by atoms with E-state index in [1.165, 1.54) is 24.5 Å². The molecule has 0 unspecified atom stereocenters. The summed E-state index contributed by atoms with van der Waals surface area (Å²) in [7, 11) is 0. The molecule has 9 nitrogen and oxygen atoms in total. The molecule has 10 bridgehead atoms. The standard InChI is InChI=1S/C33H35F3N8O/c1-21-24-5-4-6-26(28(24)34)33(35,36)23-7-13-42(14-8-23)17-22-16-40-43(18-22)11-2-3-12-44-30-25(29(41-21)38-20-39-30)15-27(31(44)45)32(19-37)9-10-32/h4-6,15-16,18,20-21,23H,2-3,7-14,17H2,1H3,(H,38,39,41)/t21-/m1/s1. The summed E-state index contributed by atoms with van der Waals surface area (Å²) in [6.07, 6.45) is 8.25. The van der Waals surface area contributed by atoms with Crippen LogP contribution < -0.4 is 10.9 Å². The summed E-state index contributed by atoms with van der Waals surface area (Å²) in [4.78, 5) is 24.8. The molecule has 1 aromatic carbocycles. The van der Waals surface area contributed by atoms with Gasteiger partial charge < -0.3 is 5.32 Å². The maximum Gasteiger partial charge on any atom is 0.278 e. The van der Waals surface area contributed by atoms with Crippen molar-refractivity contribution in [3.8, 4) is 6.07 Å². The van der Waals surface area contributed by atoms with E-state index >= 15 is 13.2 Å². The number of hydrogen-bond acceptors (Lipinski definition) is 7. The van der Waals surface area contributed by atoms with Crippen LogP contribution in [0.1, 0.15) is 73.7 Å². The predicted octanol–water partition coefficient (Wildman–Crippen LogP) is 5.65. The number of nitrogens with one attached hydrogen (secondary N) is 1. The predicted molar refractivity (Wildman–Crippen MR) is 162 cm³/mol. The quantitative estimate of drug-likeness (QED) is 0.295. The molecule has 3 aromatic heterocycles. The second kappa shape index (κ2) is 11.3. The van der Waals surface area contributed by atoms with Crippen LogP contribution in [0.3, 0.4) is 0 Å². The Hall–Kier alpha value is -4.24. The maximum atomic E-state index is 16.0. The molecule has 0 spiro atoms. The van der Waals surface area contributed by atoms with Crippen molar-refractivity contribution in [1.29, 1.82) is 5.26 Å². The number of anilines is 1. The second-order valence-electron chi connectivity index (χ2n) is 12.7. The highest BCUT2D eigenvalue weighted by atomic mass is 19.3. The van der Waals surface area contributed by atoms with Gasteiger partial charge in [0.25, 0.3) is 11.5 Å². The van der Waals surface area contributed by atoms with E-state index in [2.05, 4.69) is 31.4 Å². The highest BCUT2D eigenvalue weighted by Crippen LogP contribution is 2.47. The minimum absolute atomic E-state index is 0.0970. The van der Waals surface area contributed by atoms with Crippen LogP contribution in [0.15, 0.2) is 47.8 Å². The van der Waals surface area contributed by atoms with Crippen molar-refractivity contribution in [3.05, 3.63) is 81.4 Å². The minimum atomic E-state index is -3.34. The molecule has 2 fully saturated rings. The van der Waals surface area contributed by atoms with Gasteiger partial charge >= 0.3 is 0 Å². The third-order valence-corrected chi connectivity index (χ3v) is 9.78. The van der Waals surface area contributed by atoms with E-state index in [1.807, 2.05) is 17.1 Å². The molecule has 4 aliphatic rings. The van der Waals surface area contributed by atoms with Crippen molar-refractivity contribution < 1.29 is 13.2 Å². The molecule has 12 heteroatoms. The number of nitrogens with zero attached hydrogens (tertiary/aromatic N) is 7. The van der Waals surface area contributed by atoms with Gasteiger partial charge in [-0.05, 0) is 64.6 Å². The Balaban J connectivity index is 1.32. The lowest BCUT2D eigenvalue weighted by molar-refractivity contribution is -0.0885. The zero-order chi connectivity index (χ0) is 31.3. The van der Waals surface area contributed by atoms with Crippen molar-refractivity contribution >= 4 is 16.9 Å². The zero-order valence-corrected chi connectivity index (χ0v) is 25.1. The number of benzene rings is 1. The van der Waals surface area contributed by atoms with Crippen molar-refractivity contribution in [2.45, 2.75) is 82.5 Å². The Bertz CT molecular complexity index is 1850. The van der Waals surface area contributed by atoms with Crippen molar-refractivity contribution in [3.63, 3.8) is 0 Å². The van der Waals surface area contributed by atoms with Crippen LogP contribution >= 0.6 is 0 Å². The van der Waals surface area contributed by atoms with Gasteiger partial charge in [0.15, 0.2) is 0 Å². The molecule has 0 radical (unpaired) electrons. The summed E-state index contributed by atoms with van der Waals surface area (Å²) >= 11 is 0. The number of hydrogen-bond donors (Lipinski definition) is 1. The average Bonchev–Trinajstić information content (AvgIpc) is 3.71. The largest absolute Gasteiger partial charge is 0.363 e. The number of fused-ring (bicyclic) bond motifs is 6. The Kier molecular flexibility index (Phi) is 7.39. The topological polar surface area (TPSA) is 105 Å². The fourth-order valence-corrected chi connectivity index (χ4v) is 6.92. The highest BCUT2D eigenvalue weighted by Gasteiger charge is 2.48. The van der Waals surface area contributed by atoms with Crippen molar-refractivity contribution in [2.75, 3.05) is 18.4 Å². The van der Waals surface area contributed by atoms with Crippen LogP contribution in [0.2, 0.25) is 0 Å². The molecule has 45 heavy (non-hydrogen) atoms. The number of alkyl halides is 2. The summed E-state index contributed by atoms with van der Waals surface area (Å²) in [5.74, 6) is -4.91. The van der Waals surface area contributed by atoms with Gasteiger partial charge in [0.05, 0.1) is 34.7 Å². The van der Waals surface area contributed by atoms with Gasteiger partial charge in [0.2, 0.25) is 0 Å². The molecule has 4 aromatic rings. The van der Waals surface area contributed by atoms with E-state index in [4.69, 9.17) is 0 Å². The smallest absolute Gasteiger partial charge is 0.278 e. The molecule has 1 aliphatic carbocycles. The first-order valence-electron chi connectivity index (χ1n) is 15.7. The van der Waals surface area contributed by atoms with E-state index < -0.39 is 34.7 Å². The summed E-state index contributed by atoms with van der Waals surface area (Å²) in [5.41, 5.74) is 0.198. The Labute approximate surface area is 258 Å². The molecular formula is C33H35F3N8O. The van der Waals surface area contributed by atoms with Crippen LogP contribution in [0.4, 0.5) is 19.0 Å². The number of nitriles is 1. The van der Waals surface area contributed by atoms with Gasteiger partial charge in [0.1, 0.15) is 23.6 Å². The average molecular weight is 617 g/mol. The van der Waals surface area contributed by atoms with Crippen LogP contribution in [-0.2, 0) is 31.0 Å². The normalized spacial score (nSPS) is 24.3. The summed E-state index contributed by atoms with van der Waals surface area (Å²) < 4.78 is 51.3. The molecular weight excluding hydrogens is 581 g/mol. The first-order valence-corrected chi connectivity index (χ1v) is 15.7. The third-order valence-electron chi connectivity index (χ3n) is 9.78. The number of halogens is 3. The van der Waals surface area contributed by atoms with E-state index in [0.29, 0.717) is 74.4 Å². The molecule has 1 atom stereocenters. The van der Waals surface area contributed by atoms with E-state index in [9.17, 15) is 10.1 Å². The molecule has 6 heterocycles. The number of rotatable bonds is 1. The SMILES string of the molecule is C[C@H]1Nc2ncnc3c2cc(C2(C#N)CC2)c(=O)n3CCCCn2cc(cn2)CN2CCC(CC2)C(F)(F)c2cccc1c2F. The fourth-order valence-electron chi connectivity index (χ4n) is 6.92. The summed E-state index contributed by atoms with van der Waals surface area (Å²) in [6, 6.07) is 7.44. The minimum Gasteiger partial charge on any atom is -0.363 e. The molecule has 3 aliphatic heterocycles. The first kappa shape index (κ1) is 29.5. The molecule has 1 N–H and O–H groups in total. The third kappa shape index (κ3) is 5.27. The summed E-state index contributed by atoms with van der Waals surface area (Å²) in [5, 5.41) is 18.2. The lowest BCUT2D eigenvalue weighted by Crippen LogP contribution is -2.39. The number of aromatic nitrogens is 5. The first-order chi connectivity index (χ1) is 21.7. The van der Waals surface area contributed by atoms with Crippen molar-refractivity contribution in [1.82, 2.24) is 29.2 Å². The van der Waals surface area contributed by atoms with E-state index in [0.717, 1.165) is 12.0 Å². The Morgan fingerprint density at radius 3 is 2.60 bits per heavy atom. The van der Waals surface area contributed by atoms with Crippen LogP contribution in [0, 0.1) is 23.1 Å². The fraction of sp³-hybridized carbons (Fsp3) is 0.485. The highest BCUT2D eigenvalue weighted by molar-refractivity contribution is 5.87. The zero-order valence-electron chi connectivity index (χ0n) is 25.1. The number of pyridine rings is 1. The van der Waals surface area contributed by atoms with Crippen molar-refractivity contribution in [2.24, 2.45) is 5.92 Å². The Morgan fingerprint density at radius 1 is 1.07 bits per heavy atom. The maximum absolute atomic E-state index is 16.0.